The summed E-state index contributed by atoms with van der Waals surface area (Å²) in [6.45, 7) is 0. The Morgan fingerprint density at radius 3 is 1.67 bits per heavy atom. The van der Waals surface area contributed by atoms with Crippen LogP contribution in [-0.2, 0) is 19.9 Å². The SMILES string of the molecule is O=C1CCC(=O)N1S(=O)(=O)O.[Na]. The molecule has 0 aromatic carbocycles. The van der Waals surface area contributed by atoms with Crippen molar-refractivity contribution in [2.45, 2.75) is 12.8 Å². The molecule has 2 amide bonds. The third kappa shape index (κ3) is 2.27. The monoisotopic (exact) mass is 202 g/mol. The topological polar surface area (TPSA) is 91.8 Å². The second kappa shape index (κ2) is 3.84. The van der Waals surface area contributed by atoms with Gasteiger partial charge in [0.25, 0.3) is 0 Å². The number of amides is 2. The maximum absolute atomic E-state index is 10.6. The van der Waals surface area contributed by atoms with E-state index < -0.39 is 22.1 Å². The molecule has 1 aliphatic heterocycles. The van der Waals surface area contributed by atoms with Crippen LogP contribution in [0.25, 0.3) is 0 Å². The number of hydrogen-bond donors (Lipinski definition) is 1. The maximum Gasteiger partial charge on any atom is 0.368 e. The Morgan fingerprint density at radius 1 is 1.17 bits per heavy atom. The van der Waals surface area contributed by atoms with Crippen molar-refractivity contribution >= 4 is 51.7 Å². The summed E-state index contributed by atoms with van der Waals surface area (Å²) in [5.41, 5.74) is 0. The third-order valence-electron chi connectivity index (χ3n) is 1.24. The van der Waals surface area contributed by atoms with E-state index in [9.17, 15) is 18.0 Å². The molecule has 0 aliphatic carbocycles. The van der Waals surface area contributed by atoms with Crippen molar-refractivity contribution < 1.29 is 22.6 Å². The molecule has 0 spiro atoms. The van der Waals surface area contributed by atoms with Crippen molar-refractivity contribution in [3.63, 3.8) is 0 Å². The van der Waals surface area contributed by atoms with Gasteiger partial charge in [-0.2, -0.15) is 12.7 Å². The van der Waals surface area contributed by atoms with Crippen LogP contribution in [0.3, 0.4) is 0 Å². The third-order valence-corrected chi connectivity index (χ3v) is 2.11. The van der Waals surface area contributed by atoms with Crippen molar-refractivity contribution in [3.8, 4) is 0 Å². The zero-order valence-corrected chi connectivity index (χ0v) is 9.17. The van der Waals surface area contributed by atoms with Crippen molar-refractivity contribution in [2.24, 2.45) is 0 Å². The number of carbonyl (C=O) groups is 2. The Hall–Kier alpha value is 0.0500. The van der Waals surface area contributed by atoms with E-state index in [1.807, 2.05) is 0 Å². The Kier molecular flexibility index (Phi) is 3.86. The van der Waals surface area contributed by atoms with E-state index in [-0.39, 0.29) is 46.7 Å². The molecule has 0 saturated carbocycles. The summed E-state index contributed by atoms with van der Waals surface area (Å²) in [4.78, 5) is 21.2. The molecule has 0 unspecified atom stereocenters. The summed E-state index contributed by atoms with van der Waals surface area (Å²) >= 11 is 0. The van der Waals surface area contributed by atoms with E-state index in [0.717, 1.165) is 0 Å². The summed E-state index contributed by atoms with van der Waals surface area (Å²) in [5.74, 6) is -1.75. The van der Waals surface area contributed by atoms with Crippen LogP contribution in [0, 0.1) is 0 Å². The van der Waals surface area contributed by atoms with E-state index in [4.69, 9.17) is 4.55 Å². The van der Waals surface area contributed by atoms with Gasteiger partial charge in [-0.15, -0.1) is 0 Å². The normalized spacial score (nSPS) is 17.9. The van der Waals surface area contributed by atoms with Crippen LogP contribution >= 0.6 is 0 Å². The number of rotatable bonds is 1. The van der Waals surface area contributed by atoms with Crippen LogP contribution in [0.4, 0.5) is 0 Å². The van der Waals surface area contributed by atoms with Gasteiger partial charge in [-0.25, -0.2) is 0 Å². The van der Waals surface area contributed by atoms with Crippen LogP contribution in [0.15, 0.2) is 0 Å². The number of carbonyl (C=O) groups excluding carboxylic acids is 2. The van der Waals surface area contributed by atoms with E-state index >= 15 is 0 Å². The van der Waals surface area contributed by atoms with Gasteiger partial charge in [0.15, 0.2) is 0 Å². The van der Waals surface area contributed by atoms with Crippen molar-refractivity contribution in [2.75, 3.05) is 0 Å². The molecule has 1 aliphatic rings. The van der Waals surface area contributed by atoms with E-state index in [0.29, 0.717) is 0 Å². The summed E-state index contributed by atoms with van der Waals surface area (Å²) in [6.07, 6.45) is -0.308. The minimum absolute atomic E-state index is 0. The van der Waals surface area contributed by atoms with Crippen LogP contribution in [0.1, 0.15) is 12.8 Å². The molecule has 1 fully saturated rings. The Balaban J connectivity index is 0.00000121. The fraction of sp³-hybridized carbons (Fsp3) is 0.500. The molecule has 0 atom stereocenters. The van der Waals surface area contributed by atoms with Gasteiger partial charge in [0.05, 0.1) is 0 Å². The average Bonchev–Trinajstić information content (AvgIpc) is 2.08. The van der Waals surface area contributed by atoms with Gasteiger partial charge < -0.3 is 0 Å². The molecule has 63 valence electrons. The summed E-state index contributed by atoms with van der Waals surface area (Å²) in [6, 6.07) is 0. The molecule has 0 aromatic rings. The molecule has 0 bridgehead atoms. The van der Waals surface area contributed by atoms with Gasteiger partial charge in [0.1, 0.15) is 0 Å². The quantitative estimate of drug-likeness (QED) is 0.319. The molecular formula is C4H5NNaO5S. The van der Waals surface area contributed by atoms with Gasteiger partial charge in [-0.1, -0.05) is 0 Å². The summed E-state index contributed by atoms with van der Waals surface area (Å²) < 4.78 is 28.8. The van der Waals surface area contributed by atoms with Crippen molar-refractivity contribution in [1.29, 1.82) is 0 Å². The maximum atomic E-state index is 10.6. The molecule has 1 rings (SSSR count). The molecule has 12 heavy (non-hydrogen) atoms. The molecule has 8 heteroatoms. The zero-order chi connectivity index (χ0) is 8.65. The van der Waals surface area contributed by atoms with Gasteiger partial charge in [-0.05, 0) is 0 Å². The van der Waals surface area contributed by atoms with Gasteiger partial charge in [-0.3, -0.25) is 14.1 Å². The predicted molar refractivity (Wildman–Crippen MR) is 38.4 cm³/mol. The molecule has 1 heterocycles. The average molecular weight is 202 g/mol. The molecule has 1 N–H and O–H groups in total. The Morgan fingerprint density at radius 2 is 1.50 bits per heavy atom. The second-order valence-corrected chi connectivity index (χ2v) is 3.29. The first-order valence-corrected chi connectivity index (χ1v) is 4.16. The minimum atomic E-state index is -4.67. The number of imide groups is 1. The largest absolute Gasteiger partial charge is 0.368 e. The smallest absolute Gasteiger partial charge is 0.273 e. The molecule has 1 saturated heterocycles. The fourth-order valence-electron chi connectivity index (χ4n) is 0.813. The van der Waals surface area contributed by atoms with Gasteiger partial charge in [0, 0.05) is 42.4 Å². The van der Waals surface area contributed by atoms with Gasteiger partial charge in [0.2, 0.25) is 11.8 Å². The number of hydrogen-bond acceptors (Lipinski definition) is 4. The van der Waals surface area contributed by atoms with E-state index in [2.05, 4.69) is 0 Å². The zero-order valence-electron chi connectivity index (χ0n) is 6.35. The van der Waals surface area contributed by atoms with Crippen molar-refractivity contribution in [1.82, 2.24) is 4.31 Å². The molecule has 0 aromatic heterocycles. The molecular weight excluding hydrogens is 197 g/mol. The van der Waals surface area contributed by atoms with E-state index in [1.54, 1.807) is 0 Å². The van der Waals surface area contributed by atoms with Crippen LogP contribution < -0.4 is 0 Å². The minimum Gasteiger partial charge on any atom is -0.273 e. The Bertz CT molecular complexity index is 293. The standard InChI is InChI=1S/C4H5NO5S.Na/c6-3-1-2-4(7)5(3)11(8,9)10;/h1-2H2,(H,8,9,10);. The fourth-order valence-corrected chi connectivity index (χ4v) is 1.51. The second-order valence-electron chi connectivity index (χ2n) is 2.03. The summed E-state index contributed by atoms with van der Waals surface area (Å²) in [7, 11) is -4.67. The molecule has 6 nitrogen and oxygen atoms in total. The first-order chi connectivity index (χ1) is 4.93. The predicted octanol–water partition coefficient (Wildman–Crippen LogP) is -1.44. The van der Waals surface area contributed by atoms with Gasteiger partial charge >= 0.3 is 10.3 Å². The first-order valence-electron chi connectivity index (χ1n) is 2.76. The first kappa shape index (κ1) is 12.0. The Labute approximate surface area is 91.1 Å². The molecule has 1 radical (unpaired) electrons. The van der Waals surface area contributed by atoms with Crippen LogP contribution in [0.2, 0.25) is 0 Å². The number of nitrogens with zero attached hydrogens (tertiary/aromatic N) is 1. The van der Waals surface area contributed by atoms with E-state index in [1.165, 1.54) is 0 Å². The van der Waals surface area contributed by atoms with Crippen LogP contribution in [0.5, 0.6) is 0 Å². The van der Waals surface area contributed by atoms with Crippen molar-refractivity contribution in [3.05, 3.63) is 0 Å². The van der Waals surface area contributed by atoms with Crippen LogP contribution in [-0.4, -0.2) is 58.6 Å². The summed E-state index contributed by atoms with van der Waals surface area (Å²) in [5, 5.41) is 0.